The van der Waals surface area contributed by atoms with Gasteiger partial charge in [-0.1, -0.05) is 37.3 Å². The van der Waals surface area contributed by atoms with E-state index in [0.29, 0.717) is 0 Å². The number of piperidine rings is 1. The molecule has 2 N–H and O–H groups in total. The van der Waals surface area contributed by atoms with Gasteiger partial charge in [0.1, 0.15) is 0 Å². The van der Waals surface area contributed by atoms with Gasteiger partial charge in [0.15, 0.2) is 0 Å². The Balaban J connectivity index is 1.58. The summed E-state index contributed by atoms with van der Waals surface area (Å²) in [6.07, 6.45) is 3.63. The maximum Gasteiger partial charge on any atom is 0.315 e. The average Bonchev–Trinajstić information content (AvgIpc) is 2.54. The monoisotopic (exact) mass is 303 g/mol. The Kier molecular flexibility index (Phi) is 6.72. The SMILES string of the molecule is CC1CCN(CCCNC(=O)NC(C)c2ccccc2)CC1. The number of hydrogen-bond donors (Lipinski definition) is 2. The highest BCUT2D eigenvalue weighted by Crippen LogP contribution is 2.15. The molecule has 2 amide bonds. The highest BCUT2D eigenvalue weighted by Gasteiger charge is 2.15. The summed E-state index contributed by atoms with van der Waals surface area (Å²) >= 11 is 0. The minimum Gasteiger partial charge on any atom is -0.338 e. The second kappa shape index (κ2) is 8.79. The molecular weight excluding hydrogens is 274 g/mol. The molecule has 0 aromatic heterocycles. The van der Waals surface area contributed by atoms with Crippen LogP contribution in [0.5, 0.6) is 0 Å². The molecule has 1 atom stereocenters. The average molecular weight is 303 g/mol. The third-order valence-electron chi connectivity index (χ3n) is 4.46. The van der Waals surface area contributed by atoms with E-state index >= 15 is 0 Å². The topological polar surface area (TPSA) is 44.4 Å². The summed E-state index contributed by atoms with van der Waals surface area (Å²) in [6.45, 7) is 8.57. The zero-order chi connectivity index (χ0) is 15.8. The molecule has 1 saturated heterocycles. The van der Waals surface area contributed by atoms with Gasteiger partial charge < -0.3 is 15.5 Å². The number of amides is 2. The molecule has 0 spiro atoms. The van der Waals surface area contributed by atoms with Crippen LogP contribution < -0.4 is 10.6 Å². The van der Waals surface area contributed by atoms with Gasteiger partial charge in [0.2, 0.25) is 0 Å². The summed E-state index contributed by atoms with van der Waals surface area (Å²) in [5, 5.41) is 5.93. The van der Waals surface area contributed by atoms with Crippen LogP contribution in [0.25, 0.3) is 0 Å². The molecule has 2 rings (SSSR count). The minimum absolute atomic E-state index is 0.0322. The van der Waals surface area contributed by atoms with E-state index in [2.05, 4.69) is 22.5 Å². The second-order valence-corrected chi connectivity index (χ2v) is 6.41. The summed E-state index contributed by atoms with van der Waals surface area (Å²) in [6, 6.07) is 9.98. The van der Waals surface area contributed by atoms with Gasteiger partial charge in [-0.2, -0.15) is 0 Å². The van der Waals surface area contributed by atoms with Gasteiger partial charge in [0, 0.05) is 6.54 Å². The Hall–Kier alpha value is -1.55. The van der Waals surface area contributed by atoms with E-state index in [4.69, 9.17) is 0 Å². The number of carbonyl (C=O) groups is 1. The van der Waals surface area contributed by atoms with E-state index in [0.717, 1.165) is 31.0 Å². The van der Waals surface area contributed by atoms with E-state index in [1.807, 2.05) is 37.3 Å². The number of nitrogens with zero attached hydrogens (tertiary/aromatic N) is 1. The number of urea groups is 1. The van der Waals surface area contributed by atoms with Crippen molar-refractivity contribution in [3.63, 3.8) is 0 Å². The summed E-state index contributed by atoms with van der Waals surface area (Å²) in [7, 11) is 0. The Morgan fingerprint density at radius 3 is 2.64 bits per heavy atom. The van der Waals surface area contributed by atoms with Crippen molar-refractivity contribution in [3.05, 3.63) is 35.9 Å². The number of benzene rings is 1. The lowest BCUT2D eigenvalue weighted by molar-refractivity contribution is 0.190. The van der Waals surface area contributed by atoms with Crippen LogP contribution in [-0.4, -0.2) is 37.1 Å². The van der Waals surface area contributed by atoms with Gasteiger partial charge in [-0.05, 0) is 57.3 Å². The lowest BCUT2D eigenvalue weighted by Gasteiger charge is -2.30. The maximum absolute atomic E-state index is 11.9. The van der Waals surface area contributed by atoms with Crippen LogP contribution in [0.1, 0.15) is 44.7 Å². The van der Waals surface area contributed by atoms with Gasteiger partial charge >= 0.3 is 6.03 Å². The molecule has 1 aliphatic heterocycles. The summed E-state index contributed by atoms with van der Waals surface area (Å²) < 4.78 is 0. The van der Waals surface area contributed by atoms with Crippen LogP contribution in [-0.2, 0) is 0 Å². The van der Waals surface area contributed by atoms with E-state index in [9.17, 15) is 4.79 Å². The van der Waals surface area contributed by atoms with Gasteiger partial charge in [-0.3, -0.25) is 0 Å². The maximum atomic E-state index is 11.9. The van der Waals surface area contributed by atoms with Crippen LogP contribution >= 0.6 is 0 Å². The smallest absolute Gasteiger partial charge is 0.315 e. The van der Waals surface area contributed by atoms with Gasteiger partial charge in [-0.15, -0.1) is 0 Å². The molecule has 1 unspecified atom stereocenters. The van der Waals surface area contributed by atoms with Crippen LogP contribution in [0, 0.1) is 5.92 Å². The van der Waals surface area contributed by atoms with Gasteiger partial charge in [-0.25, -0.2) is 4.79 Å². The minimum atomic E-state index is -0.0800. The van der Waals surface area contributed by atoms with Crippen LogP contribution in [0.3, 0.4) is 0 Å². The van der Waals surface area contributed by atoms with Crippen molar-refractivity contribution in [3.8, 4) is 0 Å². The first kappa shape index (κ1) is 16.8. The quantitative estimate of drug-likeness (QED) is 0.793. The first-order valence-electron chi connectivity index (χ1n) is 8.47. The number of carbonyl (C=O) groups excluding carboxylic acids is 1. The van der Waals surface area contributed by atoms with E-state index in [1.165, 1.54) is 25.9 Å². The molecule has 0 aliphatic carbocycles. The molecular formula is C18H29N3O. The lowest BCUT2D eigenvalue weighted by atomic mass is 9.99. The summed E-state index contributed by atoms with van der Waals surface area (Å²) in [5.41, 5.74) is 1.13. The molecule has 1 aliphatic rings. The second-order valence-electron chi connectivity index (χ2n) is 6.41. The highest BCUT2D eigenvalue weighted by molar-refractivity contribution is 5.74. The highest BCUT2D eigenvalue weighted by atomic mass is 16.2. The Bertz CT molecular complexity index is 441. The first-order valence-corrected chi connectivity index (χ1v) is 8.47. The molecule has 1 aromatic carbocycles. The molecule has 1 fully saturated rings. The predicted octanol–water partition coefficient (Wildman–Crippen LogP) is 3.17. The van der Waals surface area contributed by atoms with Crippen molar-refractivity contribution in [2.75, 3.05) is 26.2 Å². The van der Waals surface area contributed by atoms with Crippen molar-refractivity contribution in [2.24, 2.45) is 5.92 Å². The molecule has 0 bridgehead atoms. The third kappa shape index (κ3) is 5.68. The van der Waals surface area contributed by atoms with Crippen LogP contribution in [0.2, 0.25) is 0 Å². The fraction of sp³-hybridized carbons (Fsp3) is 0.611. The van der Waals surface area contributed by atoms with Gasteiger partial charge in [0.05, 0.1) is 6.04 Å². The van der Waals surface area contributed by atoms with E-state index in [1.54, 1.807) is 0 Å². The van der Waals surface area contributed by atoms with Gasteiger partial charge in [0.25, 0.3) is 0 Å². The summed E-state index contributed by atoms with van der Waals surface area (Å²) in [4.78, 5) is 14.4. The van der Waals surface area contributed by atoms with E-state index in [-0.39, 0.29) is 12.1 Å². The molecule has 1 aromatic rings. The zero-order valence-corrected chi connectivity index (χ0v) is 13.8. The third-order valence-corrected chi connectivity index (χ3v) is 4.46. The van der Waals surface area contributed by atoms with Crippen molar-refractivity contribution in [2.45, 2.75) is 39.2 Å². The van der Waals surface area contributed by atoms with E-state index < -0.39 is 0 Å². The standard InChI is InChI=1S/C18H29N3O/c1-15-9-13-21(14-10-15)12-6-11-19-18(22)20-16(2)17-7-4-3-5-8-17/h3-5,7-8,15-16H,6,9-14H2,1-2H3,(H2,19,20,22). The Morgan fingerprint density at radius 1 is 1.27 bits per heavy atom. The molecule has 1 heterocycles. The number of rotatable bonds is 6. The summed E-state index contributed by atoms with van der Waals surface area (Å²) in [5.74, 6) is 0.875. The number of likely N-dealkylation sites (tertiary alicyclic amines) is 1. The zero-order valence-electron chi connectivity index (χ0n) is 13.8. The van der Waals surface area contributed by atoms with Crippen molar-refractivity contribution >= 4 is 6.03 Å². The fourth-order valence-electron chi connectivity index (χ4n) is 2.86. The Labute approximate surface area is 134 Å². The van der Waals surface area contributed by atoms with Crippen molar-refractivity contribution in [1.29, 1.82) is 0 Å². The Morgan fingerprint density at radius 2 is 1.95 bits per heavy atom. The molecule has 22 heavy (non-hydrogen) atoms. The largest absolute Gasteiger partial charge is 0.338 e. The lowest BCUT2D eigenvalue weighted by Crippen LogP contribution is -2.39. The molecule has 122 valence electrons. The molecule has 0 radical (unpaired) electrons. The van der Waals surface area contributed by atoms with Crippen LogP contribution in [0.4, 0.5) is 4.79 Å². The number of nitrogens with one attached hydrogen (secondary N) is 2. The predicted molar refractivity (Wildman–Crippen MR) is 90.8 cm³/mol. The van der Waals surface area contributed by atoms with Crippen LogP contribution in [0.15, 0.2) is 30.3 Å². The molecule has 4 nitrogen and oxygen atoms in total. The fourth-order valence-corrected chi connectivity index (χ4v) is 2.86. The first-order chi connectivity index (χ1) is 10.6. The molecule has 0 saturated carbocycles. The van der Waals surface area contributed by atoms with Crippen molar-refractivity contribution < 1.29 is 4.79 Å². The number of hydrogen-bond acceptors (Lipinski definition) is 2. The normalized spacial score (nSPS) is 17.9. The molecule has 4 heteroatoms. The van der Waals surface area contributed by atoms with Crippen molar-refractivity contribution in [1.82, 2.24) is 15.5 Å².